The molecule has 0 aliphatic rings. The van der Waals surface area contributed by atoms with Crippen molar-refractivity contribution in [3.05, 3.63) is 59.7 Å². The van der Waals surface area contributed by atoms with E-state index < -0.39 is 0 Å². The zero-order valence-electron chi connectivity index (χ0n) is 18.3. The predicted molar refractivity (Wildman–Crippen MR) is 120 cm³/mol. The molecule has 2 aromatic carbocycles. The molecule has 8 heteroatoms. The maximum Gasteiger partial charge on any atom is 0.253 e. The molecule has 0 aliphatic carbocycles. The number of benzene rings is 2. The van der Waals surface area contributed by atoms with Crippen LogP contribution in [0.3, 0.4) is 0 Å². The molecule has 0 saturated heterocycles. The highest BCUT2D eigenvalue weighted by Gasteiger charge is 2.12. The highest BCUT2D eigenvalue weighted by molar-refractivity contribution is 5.98. The van der Waals surface area contributed by atoms with Crippen LogP contribution < -0.4 is 10.6 Å². The third-order valence-corrected chi connectivity index (χ3v) is 4.41. The Morgan fingerprint density at radius 1 is 0.677 bits per heavy atom. The van der Waals surface area contributed by atoms with E-state index in [1.807, 2.05) is 0 Å². The van der Waals surface area contributed by atoms with E-state index in [4.69, 9.17) is 0 Å². The number of amides is 4. The predicted octanol–water partition coefficient (Wildman–Crippen LogP) is 2.84. The fraction of sp³-hybridized carbons (Fsp3) is 0.304. The molecule has 0 radical (unpaired) electrons. The van der Waals surface area contributed by atoms with Gasteiger partial charge in [0, 0.05) is 63.5 Å². The number of hydrogen-bond donors (Lipinski definition) is 2. The maximum atomic E-state index is 12.2. The molecule has 4 amide bonds. The second-order valence-corrected chi connectivity index (χ2v) is 7.51. The number of hydrogen-bond acceptors (Lipinski definition) is 4. The molecule has 2 aromatic rings. The molecule has 0 heterocycles. The van der Waals surface area contributed by atoms with Crippen LogP contribution in [0.4, 0.5) is 11.4 Å². The molecule has 0 spiro atoms. The lowest BCUT2D eigenvalue weighted by molar-refractivity contribution is -0.117. The van der Waals surface area contributed by atoms with Gasteiger partial charge >= 0.3 is 0 Å². The third-order valence-electron chi connectivity index (χ3n) is 4.41. The Kier molecular flexibility index (Phi) is 8.31. The van der Waals surface area contributed by atoms with Crippen molar-refractivity contribution in [2.75, 3.05) is 38.8 Å². The lowest BCUT2D eigenvalue weighted by Crippen LogP contribution is -2.22. The van der Waals surface area contributed by atoms with E-state index in [9.17, 15) is 19.2 Å². The SMILES string of the molecule is CN(C)C(=O)c1cccc(NC(=O)CCCC(=O)Nc2cccc(C(=O)N(C)C)c2)c1. The number of carbonyl (C=O) groups excluding carboxylic acids is 4. The molecule has 2 rings (SSSR count). The summed E-state index contributed by atoms with van der Waals surface area (Å²) in [6.45, 7) is 0. The van der Waals surface area contributed by atoms with Crippen molar-refractivity contribution < 1.29 is 19.2 Å². The van der Waals surface area contributed by atoms with Crippen molar-refractivity contribution in [2.24, 2.45) is 0 Å². The first kappa shape index (κ1) is 23.6. The van der Waals surface area contributed by atoms with Crippen LogP contribution in [0.1, 0.15) is 40.0 Å². The van der Waals surface area contributed by atoms with Gasteiger partial charge in [-0.1, -0.05) is 12.1 Å². The van der Waals surface area contributed by atoms with Gasteiger partial charge in [-0.2, -0.15) is 0 Å². The lowest BCUT2D eigenvalue weighted by Gasteiger charge is -2.12. The van der Waals surface area contributed by atoms with Crippen molar-refractivity contribution in [2.45, 2.75) is 19.3 Å². The third kappa shape index (κ3) is 7.26. The average molecular weight is 425 g/mol. The Labute approximate surface area is 182 Å². The molecular formula is C23H28N4O4. The van der Waals surface area contributed by atoms with Crippen LogP contribution in [-0.4, -0.2) is 61.6 Å². The van der Waals surface area contributed by atoms with E-state index in [0.717, 1.165) is 0 Å². The van der Waals surface area contributed by atoms with Crippen LogP contribution in [0.5, 0.6) is 0 Å². The summed E-state index contributed by atoms with van der Waals surface area (Å²) < 4.78 is 0. The van der Waals surface area contributed by atoms with Crippen LogP contribution in [-0.2, 0) is 9.59 Å². The van der Waals surface area contributed by atoms with E-state index in [0.29, 0.717) is 28.9 Å². The van der Waals surface area contributed by atoms with E-state index >= 15 is 0 Å². The number of rotatable bonds is 8. The van der Waals surface area contributed by atoms with Crippen LogP contribution >= 0.6 is 0 Å². The van der Waals surface area contributed by atoms with E-state index in [-0.39, 0.29) is 36.5 Å². The summed E-state index contributed by atoms with van der Waals surface area (Å²) in [4.78, 5) is 51.3. The van der Waals surface area contributed by atoms with Gasteiger partial charge in [0.1, 0.15) is 0 Å². The van der Waals surface area contributed by atoms with Gasteiger partial charge in [-0.05, 0) is 42.8 Å². The molecule has 164 valence electrons. The minimum atomic E-state index is -0.235. The molecule has 0 saturated carbocycles. The van der Waals surface area contributed by atoms with Gasteiger partial charge < -0.3 is 20.4 Å². The Morgan fingerprint density at radius 2 is 1.06 bits per heavy atom. The van der Waals surface area contributed by atoms with Gasteiger partial charge in [-0.3, -0.25) is 19.2 Å². The highest BCUT2D eigenvalue weighted by atomic mass is 16.2. The molecule has 0 atom stereocenters. The van der Waals surface area contributed by atoms with Crippen LogP contribution in [0, 0.1) is 0 Å². The van der Waals surface area contributed by atoms with Crippen molar-refractivity contribution in [1.29, 1.82) is 0 Å². The number of carbonyl (C=O) groups is 4. The van der Waals surface area contributed by atoms with E-state index in [2.05, 4.69) is 10.6 Å². The zero-order chi connectivity index (χ0) is 23.0. The highest BCUT2D eigenvalue weighted by Crippen LogP contribution is 2.14. The molecular weight excluding hydrogens is 396 g/mol. The molecule has 8 nitrogen and oxygen atoms in total. The maximum absolute atomic E-state index is 12.2. The van der Waals surface area contributed by atoms with Gasteiger partial charge in [0.05, 0.1) is 0 Å². The van der Waals surface area contributed by atoms with Gasteiger partial charge in [0.15, 0.2) is 0 Å². The number of anilines is 2. The Morgan fingerprint density at radius 3 is 1.42 bits per heavy atom. The van der Waals surface area contributed by atoms with Gasteiger partial charge in [0.2, 0.25) is 11.8 Å². The van der Waals surface area contributed by atoms with Gasteiger partial charge in [-0.15, -0.1) is 0 Å². The van der Waals surface area contributed by atoms with Gasteiger partial charge in [-0.25, -0.2) is 0 Å². The zero-order valence-corrected chi connectivity index (χ0v) is 18.3. The summed E-state index contributed by atoms with van der Waals surface area (Å²) in [5.74, 6) is -0.769. The molecule has 31 heavy (non-hydrogen) atoms. The Bertz CT molecular complexity index is 892. The largest absolute Gasteiger partial charge is 0.345 e. The first-order valence-electron chi connectivity index (χ1n) is 9.90. The van der Waals surface area contributed by atoms with Gasteiger partial charge in [0.25, 0.3) is 11.8 Å². The minimum absolute atomic E-state index is 0.149. The van der Waals surface area contributed by atoms with Crippen molar-refractivity contribution >= 4 is 35.0 Å². The molecule has 0 bridgehead atoms. The van der Waals surface area contributed by atoms with Crippen LogP contribution in [0.25, 0.3) is 0 Å². The summed E-state index contributed by atoms with van der Waals surface area (Å²) in [7, 11) is 6.65. The minimum Gasteiger partial charge on any atom is -0.345 e. The quantitative estimate of drug-likeness (QED) is 0.681. The fourth-order valence-corrected chi connectivity index (χ4v) is 2.83. The van der Waals surface area contributed by atoms with Crippen molar-refractivity contribution in [1.82, 2.24) is 9.80 Å². The Balaban J connectivity index is 1.82. The Hall–Kier alpha value is -3.68. The average Bonchev–Trinajstić information content (AvgIpc) is 2.72. The first-order valence-corrected chi connectivity index (χ1v) is 9.90. The summed E-state index contributed by atoms with van der Waals surface area (Å²) >= 11 is 0. The molecule has 0 unspecified atom stereocenters. The molecule has 0 aromatic heterocycles. The summed E-state index contributed by atoms with van der Waals surface area (Å²) in [5.41, 5.74) is 2.03. The smallest absolute Gasteiger partial charge is 0.253 e. The van der Waals surface area contributed by atoms with Crippen molar-refractivity contribution in [3.63, 3.8) is 0 Å². The standard InChI is InChI=1S/C23H28N4O4/c1-26(2)22(30)16-8-5-10-18(14-16)24-20(28)12-7-13-21(29)25-19-11-6-9-17(15-19)23(31)27(3)4/h5-6,8-11,14-15H,7,12-13H2,1-4H3,(H,24,28)(H,25,29). The van der Waals surface area contributed by atoms with Crippen LogP contribution in [0.15, 0.2) is 48.5 Å². The monoisotopic (exact) mass is 424 g/mol. The summed E-state index contributed by atoms with van der Waals surface area (Å²) in [6, 6.07) is 13.4. The molecule has 0 fully saturated rings. The molecule has 2 N–H and O–H groups in total. The lowest BCUT2D eigenvalue weighted by atomic mass is 10.1. The van der Waals surface area contributed by atoms with E-state index in [1.54, 1.807) is 76.7 Å². The number of nitrogens with one attached hydrogen (secondary N) is 2. The first-order chi connectivity index (χ1) is 14.7. The fourth-order valence-electron chi connectivity index (χ4n) is 2.83. The van der Waals surface area contributed by atoms with Crippen molar-refractivity contribution in [3.8, 4) is 0 Å². The second kappa shape index (κ2) is 10.9. The normalized spacial score (nSPS) is 10.2. The molecule has 0 aliphatic heterocycles. The second-order valence-electron chi connectivity index (χ2n) is 7.51. The number of nitrogens with zero attached hydrogens (tertiary/aromatic N) is 2. The summed E-state index contributed by atoms with van der Waals surface area (Å²) in [6.07, 6.45) is 0.696. The van der Waals surface area contributed by atoms with Crippen LogP contribution in [0.2, 0.25) is 0 Å². The topological polar surface area (TPSA) is 98.8 Å². The summed E-state index contributed by atoms with van der Waals surface area (Å²) in [5, 5.41) is 5.49. The van der Waals surface area contributed by atoms with E-state index in [1.165, 1.54) is 9.80 Å².